The third kappa shape index (κ3) is 1.72. The van der Waals surface area contributed by atoms with Crippen molar-refractivity contribution in [1.29, 1.82) is 0 Å². The van der Waals surface area contributed by atoms with E-state index in [1.165, 1.54) is 6.92 Å². The van der Waals surface area contributed by atoms with Gasteiger partial charge in [-0.05, 0) is 36.2 Å². The van der Waals surface area contributed by atoms with Crippen molar-refractivity contribution in [2.45, 2.75) is 64.8 Å². The van der Waals surface area contributed by atoms with Crippen molar-refractivity contribution in [3.8, 4) is 0 Å². The molecule has 3 rings (SSSR count). The van der Waals surface area contributed by atoms with E-state index in [2.05, 4.69) is 27.4 Å². The Bertz CT molecular complexity index is 511. The summed E-state index contributed by atoms with van der Waals surface area (Å²) in [6.45, 7) is 11.8. The van der Waals surface area contributed by atoms with Crippen molar-refractivity contribution in [3.63, 3.8) is 0 Å². The van der Waals surface area contributed by atoms with Crippen LogP contribution in [0.5, 0.6) is 0 Å². The van der Waals surface area contributed by atoms with Crippen LogP contribution in [0.15, 0.2) is 12.2 Å². The summed E-state index contributed by atoms with van der Waals surface area (Å²) in [7, 11) is 0. The Balaban J connectivity index is 2.06. The molecular formula is C17H26O4. The molecule has 2 N–H and O–H groups in total. The normalized spacial score (nSPS) is 50.9. The molecule has 0 aromatic rings. The van der Waals surface area contributed by atoms with E-state index in [0.717, 1.165) is 12.8 Å². The molecule has 3 saturated carbocycles. The summed E-state index contributed by atoms with van der Waals surface area (Å²) in [5.41, 5.74) is -0.895. The Hall–Kier alpha value is -0.870. The highest BCUT2D eigenvalue weighted by molar-refractivity contribution is 5.66. The van der Waals surface area contributed by atoms with Crippen molar-refractivity contribution in [2.75, 3.05) is 0 Å². The second-order valence-electron chi connectivity index (χ2n) is 8.23. The Morgan fingerprint density at radius 3 is 2.52 bits per heavy atom. The fourth-order valence-corrected chi connectivity index (χ4v) is 5.94. The van der Waals surface area contributed by atoms with Crippen LogP contribution in [0.2, 0.25) is 0 Å². The highest BCUT2D eigenvalue weighted by Crippen LogP contribution is 2.71. The first kappa shape index (κ1) is 15.0. The first-order valence-corrected chi connectivity index (χ1v) is 7.80. The average molecular weight is 294 g/mol. The predicted molar refractivity (Wildman–Crippen MR) is 78.4 cm³/mol. The zero-order chi connectivity index (χ0) is 15.8. The molecule has 3 aliphatic carbocycles. The van der Waals surface area contributed by atoms with Gasteiger partial charge in [-0.15, -0.1) is 0 Å². The Morgan fingerprint density at radius 1 is 1.33 bits per heavy atom. The highest BCUT2D eigenvalue weighted by atomic mass is 16.5. The van der Waals surface area contributed by atoms with Gasteiger partial charge in [-0.2, -0.15) is 0 Å². The molecular weight excluding hydrogens is 268 g/mol. The van der Waals surface area contributed by atoms with Crippen molar-refractivity contribution in [2.24, 2.45) is 22.7 Å². The van der Waals surface area contributed by atoms with Crippen LogP contribution < -0.4 is 0 Å². The van der Waals surface area contributed by atoms with Gasteiger partial charge in [-0.1, -0.05) is 27.4 Å². The second kappa shape index (κ2) is 4.11. The summed E-state index contributed by atoms with van der Waals surface area (Å²) in [5.74, 6) is -0.301. The number of fused-ring (bicyclic) bond motifs is 3. The first-order chi connectivity index (χ1) is 9.53. The summed E-state index contributed by atoms with van der Waals surface area (Å²) < 4.78 is 5.59. The molecule has 4 heteroatoms. The third-order valence-corrected chi connectivity index (χ3v) is 6.37. The second-order valence-corrected chi connectivity index (χ2v) is 8.23. The van der Waals surface area contributed by atoms with Gasteiger partial charge in [0.2, 0.25) is 0 Å². The molecule has 0 saturated heterocycles. The maximum absolute atomic E-state index is 11.4. The van der Waals surface area contributed by atoms with Crippen LogP contribution in [0.1, 0.15) is 47.0 Å². The van der Waals surface area contributed by atoms with E-state index in [4.69, 9.17) is 4.74 Å². The first-order valence-electron chi connectivity index (χ1n) is 7.80. The maximum Gasteiger partial charge on any atom is 0.302 e. The Labute approximate surface area is 126 Å². The van der Waals surface area contributed by atoms with Crippen molar-refractivity contribution < 1.29 is 19.7 Å². The number of carbonyl (C=O) groups excluding carboxylic acids is 1. The third-order valence-electron chi connectivity index (χ3n) is 6.37. The average Bonchev–Trinajstić information content (AvgIpc) is 2.75. The van der Waals surface area contributed by atoms with Crippen LogP contribution in [0.4, 0.5) is 0 Å². The lowest BCUT2D eigenvalue weighted by molar-refractivity contribution is -0.152. The molecule has 4 nitrogen and oxygen atoms in total. The Kier molecular flexibility index (Phi) is 2.94. The fraction of sp³-hybridized carbons (Fsp3) is 0.824. The van der Waals surface area contributed by atoms with E-state index < -0.39 is 11.7 Å². The molecule has 0 heterocycles. The van der Waals surface area contributed by atoms with Crippen LogP contribution in [-0.4, -0.2) is 34.0 Å². The number of aliphatic hydroxyl groups excluding tert-OH is 1. The molecule has 0 amide bonds. The molecule has 0 aromatic carbocycles. The minimum atomic E-state index is -1.04. The number of rotatable bonds is 1. The number of carbonyl (C=O) groups is 1. The van der Waals surface area contributed by atoms with Crippen LogP contribution in [0, 0.1) is 22.7 Å². The van der Waals surface area contributed by atoms with E-state index in [0.29, 0.717) is 12.0 Å². The molecule has 3 aliphatic rings. The van der Waals surface area contributed by atoms with Crippen molar-refractivity contribution in [1.82, 2.24) is 0 Å². The summed E-state index contributed by atoms with van der Waals surface area (Å²) in [5, 5.41) is 21.5. The molecule has 0 radical (unpaired) electrons. The summed E-state index contributed by atoms with van der Waals surface area (Å²) >= 11 is 0. The highest BCUT2D eigenvalue weighted by Gasteiger charge is 2.74. The zero-order valence-corrected chi connectivity index (χ0v) is 13.3. The van der Waals surface area contributed by atoms with Gasteiger partial charge in [-0.3, -0.25) is 4.79 Å². The molecule has 0 spiro atoms. The summed E-state index contributed by atoms with van der Waals surface area (Å²) in [4.78, 5) is 11.4. The maximum atomic E-state index is 11.4. The smallest absolute Gasteiger partial charge is 0.302 e. The number of ether oxygens (including phenoxy) is 1. The molecule has 6 unspecified atom stereocenters. The van der Waals surface area contributed by atoms with E-state index in [9.17, 15) is 15.0 Å². The van der Waals surface area contributed by atoms with Gasteiger partial charge < -0.3 is 14.9 Å². The standard InChI is InChI=1S/C17H26O4/c1-9-12(19)6-11-7-16(5)13(21-10(2)18)8-15(3,4)14(16)17(9,11)20/h11-14,19-20H,1,6-8H2,2-5H3. The van der Waals surface area contributed by atoms with Gasteiger partial charge >= 0.3 is 5.97 Å². The van der Waals surface area contributed by atoms with Crippen molar-refractivity contribution in [3.05, 3.63) is 12.2 Å². The molecule has 118 valence electrons. The predicted octanol–water partition coefficient (Wildman–Crippen LogP) is 2.04. The van der Waals surface area contributed by atoms with E-state index in [-0.39, 0.29) is 34.7 Å². The lowest BCUT2D eigenvalue weighted by Crippen LogP contribution is -2.46. The molecule has 6 atom stereocenters. The van der Waals surface area contributed by atoms with Gasteiger partial charge in [0.15, 0.2) is 0 Å². The van der Waals surface area contributed by atoms with Crippen LogP contribution >= 0.6 is 0 Å². The lowest BCUT2D eigenvalue weighted by atomic mass is 9.66. The Morgan fingerprint density at radius 2 is 1.95 bits per heavy atom. The van der Waals surface area contributed by atoms with Gasteiger partial charge in [0.05, 0.1) is 11.7 Å². The van der Waals surface area contributed by atoms with Crippen LogP contribution in [-0.2, 0) is 9.53 Å². The SMILES string of the molecule is C=C1C(O)CC2CC3(C)C(OC(C)=O)CC(C)(C)C3C12O. The van der Waals surface area contributed by atoms with E-state index >= 15 is 0 Å². The lowest BCUT2D eigenvalue weighted by Gasteiger charge is -2.42. The van der Waals surface area contributed by atoms with Crippen LogP contribution in [0.25, 0.3) is 0 Å². The van der Waals surface area contributed by atoms with E-state index in [1.54, 1.807) is 0 Å². The monoisotopic (exact) mass is 294 g/mol. The topological polar surface area (TPSA) is 66.8 Å². The molecule has 21 heavy (non-hydrogen) atoms. The minimum Gasteiger partial charge on any atom is -0.462 e. The number of aliphatic hydroxyl groups is 2. The summed E-state index contributed by atoms with van der Waals surface area (Å²) in [6.07, 6.45) is 1.28. The molecule has 0 bridgehead atoms. The molecule has 0 aliphatic heterocycles. The van der Waals surface area contributed by atoms with E-state index in [1.807, 2.05) is 0 Å². The number of hydrogen-bond donors (Lipinski definition) is 2. The van der Waals surface area contributed by atoms with Gasteiger partial charge in [0.1, 0.15) is 6.10 Å². The number of hydrogen-bond acceptors (Lipinski definition) is 4. The van der Waals surface area contributed by atoms with Gasteiger partial charge in [0.25, 0.3) is 0 Å². The quantitative estimate of drug-likeness (QED) is 0.574. The van der Waals surface area contributed by atoms with Crippen molar-refractivity contribution >= 4 is 5.97 Å². The fourth-order valence-electron chi connectivity index (χ4n) is 5.94. The molecule has 3 fully saturated rings. The summed E-state index contributed by atoms with van der Waals surface area (Å²) in [6, 6.07) is 0. The number of esters is 1. The zero-order valence-electron chi connectivity index (χ0n) is 13.3. The van der Waals surface area contributed by atoms with Gasteiger partial charge in [-0.25, -0.2) is 0 Å². The van der Waals surface area contributed by atoms with Gasteiger partial charge in [0, 0.05) is 18.3 Å². The molecule has 0 aromatic heterocycles. The van der Waals surface area contributed by atoms with Crippen LogP contribution in [0.3, 0.4) is 0 Å². The largest absolute Gasteiger partial charge is 0.462 e. The minimum absolute atomic E-state index is 0.00707.